The Morgan fingerprint density at radius 3 is 1.53 bits per heavy atom. The van der Waals surface area contributed by atoms with Gasteiger partial charge in [0.1, 0.15) is 11.4 Å². The van der Waals surface area contributed by atoms with Crippen LogP contribution in [0.5, 0.6) is 0 Å². The van der Waals surface area contributed by atoms with Crippen LogP contribution in [-0.2, 0) is 73.4 Å². The summed E-state index contributed by atoms with van der Waals surface area (Å²) in [5, 5.41) is 25.7. The number of carbonyl (C=O) groups excluding carboxylic acids is 10. The van der Waals surface area contributed by atoms with Gasteiger partial charge >= 0.3 is 0 Å². The van der Waals surface area contributed by atoms with Crippen molar-refractivity contribution in [3.8, 4) is 34.8 Å². The van der Waals surface area contributed by atoms with Gasteiger partial charge in [-0.25, -0.2) is 15.0 Å². The highest BCUT2D eigenvalue weighted by Crippen LogP contribution is 2.42. The number of piperidine rings is 2. The highest BCUT2D eigenvalue weighted by atomic mass is 35.5. The number of amides is 10. The molecule has 0 spiro atoms. The molecule has 10 amide bonds. The van der Waals surface area contributed by atoms with E-state index in [0.717, 1.165) is 79.8 Å². The predicted molar refractivity (Wildman–Crippen MR) is 451 cm³/mol. The molecule has 2 saturated heterocycles. The number of likely N-dealkylation sites (tertiary alicyclic amines) is 2. The van der Waals surface area contributed by atoms with Crippen molar-refractivity contribution in [1.82, 2.24) is 68.9 Å². The highest BCUT2D eigenvalue weighted by Gasteiger charge is 2.34. The zero-order chi connectivity index (χ0) is 85.2. The lowest BCUT2D eigenvalue weighted by Gasteiger charge is -2.39. The monoisotopic (exact) mass is 1660 g/mol. The van der Waals surface area contributed by atoms with E-state index in [9.17, 15) is 47.9 Å². The fraction of sp³-hybridized carbons (Fsp3) is 0.424. The predicted octanol–water partition coefficient (Wildman–Crippen LogP) is 6.78. The van der Waals surface area contributed by atoms with Gasteiger partial charge in [0.05, 0.1) is 70.3 Å². The Morgan fingerprint density at radius 2 is 0.992 bits per heavy atom. The lowest BCUT2D eigenvalue weighted by atomic mass is 9.88. The van der Waals surface area contributed by atoms with E-state index >= 15 is 0 Å². The van der Waals surface area contributed by atoms with Crippen LogP contribution in [0.1, 0.15) is 140 Å². The van der Waals surface area contributed by atoms with Gasteiger partial charge in [0.25, 0.3) is 35.4 Å². The van der Waals surface area contributed by atoms with Crippen LogP contribution in [0.15, 0.2) is 116 Å². The molecule has 8 aromatic rings. The van der Waals surface area contributed by atoms with Crippen LogP contribution in [0.2, 0.25) is 5.02 Å². The number of imidazole rings is 3. The third kappa shape index (κ3) is 25.3. The summed E-state index contributed by atoms with van der Waals surface area (Å²) in [6.07, 6.45) is 13.2. The molecule has 0 saturated carbocycles. The van der Waals surface area contributed by atoms with Crippen LogP contribution in [0.4, 0.5) is 34.4 Å². The van der Waals surface area contributed by atoms with E-state index in [1.54, 1.807) is 59.1 Å². The van der Waals surface area contributed by atoms with Gasteiger partial charge in [-0.2, -0.15) is 0 Å². The zero-order valence-electron chi connectivity index (χ0n) is 68.5. The van der Waals surface area contributed by atoms with Crippen molar-refractivity contribution in [2.75, 3.05) is 143 Å². The number of fused-ring (bicyclic) bond motifs is 1. The summed E-state index contributed by atoms with van der Waals surface area (Å²) in [5.74, 6) is 9.94. The lowest BCUT2D eigenvalue weighted by molar-refractivity contribution is -0.121. The van der Waals surface area contributed by atoms with Gasteiger partial charge in [-0.3, -0.25) is 47.9 Å². The van der Waals surface area contributed by atoms with Gasteiger partial charge in [-0.15, -0.1) is 0 Å². The molecule has 34 nitrogen and oxygen atoms in total. The standard InChI is InChI=1S/C85H103ClN20O14/c1-56-48-68(92-64-19-17-63(86)18-20-64)67-49-62(16-21-69(67)106(56)57(2)107)60-12-14-61(15-13-60)85(116)105-36-27-59(28-37-105)11-9-8-10-58-25-34-104(35-26-58)39-41-118-43-45-120-47-46-119-44-42-117-40-33-87-74(108)22-29-91-82(113)78-97-72(54-102(78)6)95-75(109)23-30-90-81(112)71-51-66(53-101(71)5)94-84(115)79-98-73(55-103(79)7)96-76(110)24-31-89-80(111)70-50-65(52-100(70)4)93-83(114)77-88-32-38-99(77)3/h12-21,32,38,49-56,58-59,68,92H,22-31,33-37,39-48H2,1-7H3,(H,87,108)(H,89,111)(H,90,112)(H,91,113)(H,93,114)(H,94,115)(H,95,109)(H,96,110)/t56-,68?/m0/s1. The Labute approximate surface area is 700 Å². The summed E-state index contributed by atoms with van der Waals surface area (Å²) in [7, 11) is 8.06. The molecule has 2 fully saturated rings. The average Bonchev–Trinajstić information content (AvgIpc) is 1.34. The van der Waals surface area contributed by atoms with Gasteiger partial charge in [-0.05, 0) is 141 Å². The molecular weight excluding hydrogens is 1560 g/mol. The summed E-state index contributed by atoms with van der Waals surface area (Å²) in [4.78, 5) is 148. The number of nitrogens with one attached hydrogen (secondary N) is 9. The van der Waals surface area contributed by atoms with Crippen LogP contribution in [0.3, 0.4) is 0 Å². The molecule has 3 aliphatic rings. The second-order valence-electron chi connectivity index (χ2n) is 29.5. The maximum Gasteiger partial charge on any atom is 0.291 e. The maximum atomic E-state index is 13.7. The van der Waals surface area contributed by atoms with E-state index < -0.39 is 41.4 Å². The van der Waals surface area contributed by atoms with Gasteiger partial charge in [0.15, 0.2) is 17.5 Å². The quantitative estimate of drug-likeness (QED) is 0.0143. The molecule has 0 aliphatic carbocycles. The molecule has 5 aromatic heterocycles. The summed E-state index contributed by atoms with van der Waals surface area (Å²) in [5.41, 5.74) is 6.61. The summed E-state index contributed by atoms with van der Waals surface area (Å²) >= 11 is 6.17. The van der Waals surface area contributed by atoms with Crippen LogP contribution in [0.25, 0.3) is 11.1 Å². The van der Waals surface area contributed by atoms with Crippen molar-refractivity contribution >= 4 is 105 Å². The number of hydrogen-bond donors (Lipinski definition) is 9. The van der Waals surface area contributed by atoms with E-state index in [4.69, 9.17) is 30.5 Å². The number of ether oxygens (including phenoxy) is 4. The fourth-order valence-corrected chi connectivity index (χ4v) is 14.3. The number of benzene rings is 3. The van der Waals surface area contributed by atoms with E-state index in [-0.39, 0.29) is 134 Å². The minimum absolute atomic E-state index is 0.00109. The largest absolute Gasteiger partial charge is 0.378 e. The summed E-state index contributed by atoms with van der Waals surface area (Å²) in [6, 6.07) is 24.6. The number of halogens is 1. The smallest absolute Gasteiger partial charge is 0.291 e. The Kier molecular flexibility index (Phi) is 31.9. The van der Waals surface area contributed by atoms with Gasteiger partial charge in [0, 0.05) is 184 Å². The minimum Gasteiger partial charge on any atom is -0.378 e. The number of carbonyl (C=O) groups is 10. The first-order valence-corrected chi connectivity index (χ1v) is 40.4. The molecule has 35 heteroatoms. The van der Waals surface area contributed by atoms with E-state index in [2.05, 4.69) is 104 Å². The summed E-state index contributed by atoms with van der Waals surface area (Å²) < 4.78 is 30.1. The molecule has 120 heavy (non-hydrogen) atoms. The number of nitrogens with zero attached hydrogens (tertiary/aromatic N) is 11. The molecule has 3 aromatic carbocycles. The van der Waals surface area contributed by atoms with Crippen LogP contribution in [-0.4, -0.2) is 224 Å². The first-order valence-electron chi connectivity index (χ1n) is 40.0. The minimum atomic E-state index is -0.638. The maximum absolute atomic E-state index is 13.7. The fourth-order valence-electron chi connectivity index (χ4n) is 14.2. The average molecular weight is 1660 g/mol. The molecule has 0 bridgehead atoms. The Morgan fingerprint density at radius 1 is 0.492 bits per heavy atom. The third-order valence-electron chi connectivity index (χ3n) is 20.5. The normalized spacial score (nSPS) is 14.8. The van der Waals surface area contributed by atoms with E-state index in [1.807, 2.05) is 70.5 Å². The number of aryl methyl sites for hydroxylation is 5. The molecule has 634 valence electrons. The second-order valence-corrected chi connectivity index (χ2v) is 29.9. The highest BCUT2D eigenvalue weighted by molar-refractivity contribution is 6.30. The third-order valence-corrected chi connectivity index (χ3v) is 20.8. The molecule has 9 N–H and O–H groups in total. The van der Waals surface area contributed by atoms with Crippen molar-refractivity contribution < 1.29 is 66.9 Å². The van der Waals surface area contributed by atoms with Crippen molar-refractivity contribution in [2.24, 2.45) is 47.1 Å². The Balaban J connectivity index is 0.463. The zero-order valence-corrected chi connectivity index (χ0v) is 69.2. The Bertz CT molecular complexity index is 5090. The lowest BCUT2D eigenvalue weighted by Crippen LogP contribution is -2.43. The van der Waals surface area contributed by atoms with Crippen molar-refractivity contribution in [3.63, 3.8) is 0 Å². The molecular formula is C85H103ClN20O14. The summed E-state index contributed by atoms with van der Waals surface area (Å²) in [6.45, 7) is 11.2. The number of rotatable bonds is 37. The second kappa shape index (κ2) is 43.3. The molecule has 3 aliphatic heterocycles. The molecule has 11 rings (SSSR count). The van der Waals surface area contributed by atoms with Crippen molar-refractivity contribution in [1.29, 1.82) is 0 Å². The first kappa shape index (κ1) is 88.4. The topological polar surface area (TPSA) is 389 Å². The molecule has 2 atom stereocenters. The van der Waals surface area contributed by atoms with Gasteiger partial charge in [0.2, 0.25) is 35.3 Å². The van der Waals surface area contributed by atoms with Crippen LogP contribution >= 0.6 is 11.6 Å². The Hall–Kier alpha value is -12.4. The SMILES string of the molecule is CC(=O)N1c2ccc(-c3ccc(C(=O)N4CCC(C#CC#CC5CCN(CCOCCOCCOCCOCCNC(=O)CCNC(=O)c6nc(NC(=O)CCNC(=O)c7cc(NC(=O)c8nc(NC(=O)CCNC(=O)c9cc(NC(=O)c%10nccn%10C)cn9C)cn8C)cn7C)cn6C)CC5)CC4)cc3)cc2C(Nc2ccc(Cl)cc2)C[C@@H]1C. The van der Waals surface area contributed by atoms with Crippen LogP contribution < -0.4 is 52.8 Å². The van der Waals surface area contributed by atoms with Crippen molar-refractivity contribution in [3.05, 3.63) is 161 Å². The van der Waals surface area contributed by atoms with E-state index in [1.165, 1.54) is 55.2 Å². The molecule has 0 radical (unpaired) electrons. The van der Waals surface area contributed by atoms with Crippen molar-refractivity contribution in [2.45, 2.75) is 77.3 Å². The number of aromatic nitrogens is 8. The number of anilines is 6. The van der Waals surface area contributed by atoms with Crippen LogP contribution in [0, 0.1) is 35.5 Å². The van der Waals surface area contributed by atoms with Gasteiger partial charge < -0.3 is 104 Å². The molecule has 1 unspecified atom stereocenters. The first-order chi connectivity index (χ1) is 57.9. The van der Waals surface area contributed by atoms with E-state index in [0.29, 0.717) is 81.5 Å². The number of hydrogen-bond acceptors (Lipinski definition) is 19. The molecule has 8 heterocycles. The van der Waals surface area contributed by atoms with Gasteiger partial charge in [-0.1, -0.05) is 41.6 Å².